The van der Waals surface area contributed by atoms with Crippen LogP contribution in [-0.4, -0.2) is 17.7 Å². The number of aromatic nitrogens is 1. The molecule has 1 saturated heterocycles. The Hall–Kier alpha value is -0.870. The number of nitrogens with two attached hydrogens (primary N) is 1. The molecule has 78 valence electrons. The lowest BCUT2D eigenvalue weighted by Gasteiger charge is -2.09. The molecule has 1 aliphatic heterocycles. The van der Waals surface area contributed by atoms with Crippen LogP contribution in [0.15, 0.2) is 10.6 Å². The second kappa shape index (κ2) is 3.71. The van der Waals surface area contributed by atoms with Crippen molar-refractivity contribution in [3.05, 3.63) is 17.8 Å². The van der Waals surface area contributed by atoms with Gasteiger partial charge in [-0.1, -0.05) is 0 Å². The smallest absolute Gasteiger partial charge is 0.211 e. The molecule has 2 rings (SSSR count). The monoisotopic (exact) mass is 196 g/mol. The molecular formula is C10H16N2O2. The van der Waals surface area contributed by atoms with Crippen LogP contribution in [0.4, 0.5) is 0 Å². The van der Waals surface area contributed by atoms with Gasteiger partial charge in [-0.15, -0.1) is 0 Å². The summed E-state index contributed by atoms with van der Waals surface area (Å²) in [5.74, 6) is 1.86. The first-order valence-electron chi connectivity index (χ1n) is 5.01. The minimum atomic E-state index is -0.138. The molecule has 0 aromatic carbocycles. The van der Waals surface area contributed by atoms with Crippen molar-refractivity contribution in [2.24, 2.45) is 5.73 Å². The quantitative estimate of drug-likeness (QED) is 0.780. The number of nitrogens with zero attached hydrogens (tertiary/aromatic N) is 1. The first-order chi connectivity index (χ1) is 6.68. The van der Waals surface area contributed by atoms with Crippen molar-refractivity contribution in [1.29, 1.82) is 0 Å². The van der Waals surface area contributed by atoms with E-state index in [1.807, 2.05) is 6.92 Å². The van der Waals surface area contributed by atoms with Gasteiger partial charge in [0.05, 0.1) is 18.3 Å². The molecule has 1 aromatic rings. The van der Waals surface area contributed by atoms with Crippen LogP contribution in [0.2, 0.25) is 0 Å². The Morgan fingerprint density at radius 2 is 2.43 bits per heavy atom. The van der Waals surface area contributed by atoms with Gasteiger partial charge >= 0.3 is 0 Å². The van der Waals surface area contributed by atoms with E-state index >= 15 is 0 Å². The van der Waals surface area contributed by atoms with Gasteiger partial charge in [-0.2, -0.15) is 0 Å². The number of rotatable bonds is 2. The molecule has 0 radical (unpaired) electrons. The number of hydrogen-bond acceptors (Lipinski definition) is 4. The summed E-state index contributed by atoms with van der Waals surface area (Å²) < 4.78 is 11.1. The number of oxazole rings is 1. The van der Waals surface area contributed by atoms with Gasteiger partial charge in [0.15, 0.2) is 0 Å². The van der Waals surface area contributed by atoms with Crippen LogP contribution < -0.4 is 5.73 Å². The maximum atomic E-state index is 5.67. The normalized spacial score (nSPS) is 29.4. The van der Waals surface area contributed by atoms with Gasteiger partial charge in [0.2, 0.25) is 5.89 Å². The van der Waals surface area contributed by atoms with Gasteiger partial charge in [-0.3, -0.25) is 0 Å². The van der Waals surface area contributed by atoms with E-state index in [0.717, 1.165) is 18.8 Å². The molecule has 0 aliphatic carbocycles. The Balaban J connectivity index is 2.16. The van der Waals surface area contributed by atoms with Crippen LogP contribution >= 0.6 is 0 Å². The van der Waals surface area contributed by atoms with E-state index in [1.165, 1.54) is 0 Å². The first kappa shape index (κ1) is 9.68. The predicted octanol–water partition coefficient (Wildman–Crippen LogP) is 1.59. The average Bonchev–Trinajstić information content (AvgIpc) is 2.71. The lowest BCUT2D eigenvalue weighted by molar-refractivity contribution is 0.115. The Morgan fingerprint density at radius 1 is 1.64 bits per heavy atom. The summed E-state index contributed by atoms with van der Waals surface area (Å²) >= 11 is 0. The van der Waals surface area contributed by atoms with Crippen molar-refractivity contribution in [3.8, 4) is 0 Å². The molecule has 3 unspecified atom stereocenters. The fourth-order valence-electron chi connectivity index (χ4n) is 1.79. The third-order valence-corrected chi connectivity index (χ3v) is 2.67. The Bertz CT molecular complexity index is 309. The average molecular weight is 196 g/mol. The van der Waals surface area contributed by atoms with E-state index in [0.29, 0.717) is 11.8 Å². The SMILES string of the molecule is CC(N)c1ncc(C2CCOC2C)o1. The van der Waals surface area contributed by atoms with E-state index in [4.69, 9.17) is 14.9 Å². The molecular weight excluding hydrogens is 180 g/mol. The van der Waals surface area contributed by atoms with E-state index in [2.05, 4.69) is 11.9 Å². The first-order valence-corrected chi connectivity index (χ1v) is 5.01. The highest BCUT2D eigenvalue weighted by Crippen LogP contribution is 2.31. The van der Waals surface area contributed by atoms with Gasteiger partial charge in [0, 0.05) is 12.5 Å². The number of ether oxygens (including phenoxy) is 1. The van der Waals surface area contributed by atoms with Crippen LogP contribution in [0.1, 0.15) is 43.9 Å². The van der Waals surface area contributed by atoms with Gasteiger partial charge in [0.1, 0.15) is 5.76 Å². The molecule has 1 aliphatic rings. The van der Waals surface area contributed by atoms with Crippen molar-refractivity contribution in [2.45, 2.75) is 38.3 Å². The maximum absolute atomic E-state index is 5.67. The van der Waals surface area contributed by atoms with Gasteiger partial charge in [-0.05, 0) is 20.3 Å². The van der Waals surface area contributed by atoms with E-state index in [-0.39, 0.29) is 12.1 Å². The van der Waals surface area contributed by atoms with E-state index < -0.39 is 0 Å². The summed E-state index contributed by atoms with van der Waals surface area (Å²) in [6.45, 7) is 4.73. The summed E-state index contributed by atoms with van der Waals surface area (Å²) in [5, 5.41) is 0. The lowest BCUT2D eigenvalue weighted by Crippen LogP contribution is -2.08. The van der Waals surface area contributed by atoms with Crippen LogP contribution in [0.5, 0.6) is 0 Å². The second-order valence-corrected chi connectivity index (χ2v) is 3.86. The summed E-state index contributed by atoms with van der Waals surface area (Å²) in [7, 11) is 0. The molecule has 0 saturated carbocycles. The topological polar surface area (TPSA) is 61.3 Å². The molecule has 0 amide bonds. The molecule has 4 heteroatoms. The lowest BCUT2D eigenvalue weighted by atomic mass is 10.0. The minimum Gasteiger partial charge on any atom is -0.444 e. The summed E-state index contributed by atoms with van der Waals surface area (Å²) in [4.78, 5) is 4.15. The zero-order valence-electron chi connectivity index (χ0n) is 8.56. The highest BCUT2D eigenvalue weighted by atomic mass is 16.5. The minimum absolute atomic E-state index is 0.138. The largest absolute Gasteiger partial charge is 0.444 e. The zero-order valence-corrected chi connectivity index (χ0v) is 8.56. The molecule has 3 atom stereocenters. The fraction of sp³-hybridized carbons (Fsp3) is 0.700. The molecule has 0 spiro atoms. The number of hydrogen-bond donors (Lipinski definition) is 1. The molecule has 1 aromatic heterocycles. The van der Waals surface area contributed by atoms with Crippen molar-refractivity contribution < 1.29 is 9.15 Å². The predicted molar refractivity (Wildman–Crippen MR) is 51.9 cm³/mol. The maximum Gasteiger partial charge on any atom is 0.211 e. The Morgan fingerprint density at radius 3 is 2.93 bits per heavy atom. The van der Waals surface area contributed by atoms with Crippen LogP contribution in [0, 0.1) is 0 Å². The molecule has 0 bridgehead atoms. The molecule has 2 N–H and O–H groups in total. The third-order valence-electron chi connectivity index (χ3n) is 2.67. The molecule has 1 fully saturated rings. The highest BCUT2D eigenvalue weighted by Gasteiger charge is 2.29. The van der Waals surface area contributed by atoms with Crippen molar-refractivity contribution in [3.63, 3.8) is 0 Å². The standard InChI is InChI=1S/C10H16N2O2/c1-6(11)10-12-5-9(14-10)8-3-4-13-7(8)2/h5-8H,3-4,11H2,1-2H3. The summed E-state index contributed by atoms with van der Waals surface area (Å²) in [6.07, 6.45) is 3.01. The Labute approximate surface area is 83.4 Å². The zero-order chi connectivity index (χ0) is 10.1. The van der Waals surface area contributed by atoms with Gasteiger partial charge in [0.25, 0.3) is 0 Å². The van der Waals surface area contributed by atoms with Gasteiger partial charge < -0.3 is 14.9 Å². The van der Waals surface area contributed by atoms with Crippen molar-refractivity contribution in [1.82, 2.24) is 4.98 Å². The Kier molecular flexibility index (Phi) is 2.56. The highest BCUT2D eigenvalue weighted by molar-refractivity contribution is 5.06. The molecule has 14 heavy (non-hydrogen) atoms. The van der Waals surface area contributed by atoms with Crippen LogP contribution in [0.25, 0.3) is 0 Å². The van der Waals surface area contributed by atoms with Crippen LogP contribution in [-0.2, 0) is 4.74 Å². The third kappa shape index (κ3) is 1.67. The van der Waals surface area contributed by atoms with Crippen molar-refractivity contribution in [2.75, 3.05) is 6.61 Å². The summed E-state index contributed by atoms with van der Waals surface area (Å²) in [5.41, 5.74) is 5.67. The van der Waals surface area contributed by atoms with E-state index in [9.17, 15) is 0 Å². The van der Waals surface area contributed by atoms with Gasteiger partial charge in [-0.25, -0.2) is 4.98 Å². The fourth-order valence-corrected chi connectivity index (χ4v) is 1.79. The molecule has 2 heterocycles. The van der Waals surface area contributed by atoms with E-state index in [1.54, 1.807) is 6.20 Å². The summed E-state index contributed by atoms with van der Waals surface area (Å²) in [6, 6.07) is -0.138. The van der Waals surface area contributed by atoms with Crippen molar-refractivity contribution >= 4 is 0 Å². The van der Waals surface area contributed by atoms with Crippen LogP contribution in [0.3, 0.4) is 0 Å². The second-order valence-electron chi connectivity index (χ2n) is 3.86. The molecule has 4 nitrogen and oxygen atoms in total.